The standard InChI is InChI=1S/C14H20F3N3O/c1-3-19-8-10-5-6-11(7-12(10)14(15,16)17)20(4-2)9-13(18)21/h5-7,19H,3-4,8-9H2,1-2H3,(H2,18,21). The fourth-order valence-corrected chi connectivity index (χ4v) is 2.01. The molecular weight excluding hydrogens is 283 g/mol. The Morgan fingerprint density at radius 3 is 2.48 bits per heavy atom. The van der Waals surface area contributed by atoms with E-state index in [1.54, 1.807) is 13.0 Å². The molecule has 1 aromatic rings. The molecule has 1 aromatic carbocycles. The molecular formula is C14H20F3N3O. The van der Waals surface area contributed by atoms with Gasteiger partial charge in [-0.25, -0.2) is 0 Å². The van der Waals surface area contributed by atoms with Crippen LogP contribution in [0.15, 0.2) is 18.2 Å². The third-order valence-corrected chi connectivity index (χ3v) is 3.06. The second kappa shape index (κ2) is 7.31. The van der Waals surface area contributed by atoms with Crippen molar-refractivity contribution < 1.29 is 18.0 Å². The molecule has 0 bridgehead atoms. The van der Waals surface area contributed by atoms with Gasteiger partial charge in [-0.05, 0) is 31.2 Å². The number of halogens is 3. The van der Waals surface area contributed by atoms with Crippen LogP contribution in [-0.4, -0.2) is 25.5 Å². The number of anilines is 1. The Morgan fingerprint density at radius 2 is 2.00 bits per heavy atom. The zero-order chi connectivity index (χ0) is 16.0. The fraction of sp³-hybridized carbons (Fsp3) is 0.500. The number of primary amides is 1. The zero-order valence-corrected chi connectivity index (χ0v) is 12.1. The topological polar surface area (TPSA) is 58.4 Å². The summed E-state index contributed by atoms with van der Waals surface area (Å²) in [7, 11) is 0. The van der Waals surface area contributed by atoms with Crippen molar-refractivity contribution >= 4 is 11.6 Å². The van der Waals surface area contributed by atoms with E-state index in [1.165, 1.54) is 11.0 Å². The van der Waals surface area contributed by atoms with Crippen LogP contribution >= 0.6 is 0 Å². The Kier molecular flexibility index (Phi) is 6.02. The molecule has 0 unspecified atom stereocenters. The number of hydrogen-bond acceptors (Lipinski definition) is 3. The van der Waals surface area contributed by atoms with Crippen molar-refractivity contribution in [2.75, 3.05) is 24.5 Å². The molecule has 0 aliphatic heterocycles. The van der Waals surface area contributed by atoms with E-state index in [9.17, 15) is 18.0 Å². The van der Waals surface area contributed by atoms with Crippen molar-refractivity contribution in [3.63, 3.8) is 0 Å². The van der Waals surface area contributed by atoms with Gasteiger partial charge in [-0.2, -0.15) is 13.2 Å². The van der Waals surface area contributed by atoms with E-state index in [4.69, 9.17) is 5.73 Å². The first-order chi connectivity index (χ1) is 9.79. The molecule has 0 aliphatic carbocycles. The molecule has 7 heteroatoms. The number of nitrogens with two attached hydrogens (primary N) is 1. The minimum Gasteiger partial charge on any atom is -0.368 e. The van der Waals surface area contributed by atoms with Gasteiger partial charge in [-0.15, -0.1) is 0 Å². The van der Waals surface area contributed by atoms with Crippen LogP contribution in [-0.2, 0) is 17.5 Å². The summed E-state index contributed by atoms with van der Waals surface area (Å²) >= 11 is 0. The van der Waals surface area contributed by atoms with Gasteiger partial charge in [-0.1, -0.05) is 13.0 Å². The molecule has 0 saturated carbocycles. The molecule has 3 N–H and O–H groups in total. The van der Waals surface area contributed by atoms with Crippen LogP contribution in [0.25, 0.3) is 0 Å². The molecule has 0 radical (unpaired) electrons. The van der Waals surface area contributed by atoms with E-state index >= 15 is 0 Å². The van der Waals surface area contributed by atoms with Crippen LogP contribution in [0, 0.1) is 0 Å². The van der Waals surface area contributed by atoms with Crippen molar-refractivity contribution in [2.24, 2.45) is 5.73 Å². The molecule has 0 saturated heterocycles. The summed E-state index contributed by atoms with van der Waals surface area (Å²) in [5, 5.41) is 2.88. The Balaban J connectivity index is 3.16. The average molecular weight is 303 g/mol. The Labute approximate surface area is 122 Å². The number of benzene rings is 1. The molecule has 0 spiro atoms. The second-order valence-electron chi connectivity index (χ2n) is 4.60. The van der Waals surface area contributed by atoms with E-state index < -0.39 is 17.6 Å². The van der Waals surface area contributed by atoms with Crippen molar-refractivity contribution in [1.82, 2.24) is 5.32 Å². The smallest absolute Gasteiger partial charge is 0.368 e. The van der Waals surface area contributed by atoms with Crippen LogP contribution in [0.1, 0.15) is 25.0 Å². The van der Waals surface area contributed by atoms with Crippen molar-refractivity contribution in [2.45, 2.75) is 26.6 Å². The van der Waals surface area contributed by atoms with E-state index in [0.717, 1.165) is 6.07 Å². The maximum Gasteiger partial charge on any atom is 0.416 e. The normalized spacial score (nSPS) is 11.5. The van der Waals surface area contributed by atoms with Crippen LogP contribution in [0.4, 0.5) is 18.9 Å². The third-order valence-electron chi connectivity index (χ3n) is 3.06. The zero-order valence-electron chi connectivity index (χ0n) is 12.1. The Morgan fingerprint density at radius 1 is 1.33 bits per heavy atom. The van der Waals surface area contributed by atoms with Gasteiger partial charge >= 0.3 is 6.18 Å². The van der Waals surface area contributed by atoms with Crippen molar-refractivity contribution in [3.8, 4) is 0 Å². The monoisotopic (exact) mass is 303 g/mol. The number of nitrogens with one attached hydrogen (secondary N) is 1. The summed E-state index contributed by atoms with van der Waals surface area (Å²) in [4.78, 5) is 12.5. The van der Waals surface area contributed by atoms with Gasteiger partial charge in [0, 0.05) is 18.8 Å². The van der Waals surface area contributed by atoms with E-state index in [2.05, 4.69) is 5.32 Å². The lowest BCUT2D eigenvalue weighted by molar-refractivity contribution is -0.138. The van der Waals surface area contributed by atoms with Crippen molar-refractivity contribution in [3.05, 3.63) is 29.3 Å². The summed E-state index contributed by atoms with van der Waals surface area (Å²) in [6.45, 7) is 4.60. The number of amides is 1. The summed E-state index contributed by atoms with van der Waals surface area (Å²) in [5.41, 5.74) is 4.94. The number of likely N-dealkylation sites (N-methyl/N-ethyl adjacent to an activating group) is 1. The molecule has 1 amide bonds. The first kappa shape index (κ1) is 17.3. The van der Waals surface area contributed by atoms with E-state index in [1.807, 2.05) is 6.92 Å². The summed E-state index contributed by atoms with van der Waals surface area (Å²) < 4.78 is 39.4. The Bertz CT molecular complexity index is 489. The SMILES string of the molecule is CCNCc1ccc(N(CC)CC(N)=O)cc1C(F)(F)F. The van der Waals surface area contributed by atoms with Gasteiger partial charge in [0.15, 0.2) is 0 Å². The lowest BCUT2D eigenvalue weighted by Crippen LogP contribution is -2.33. The highest BCUT2D eigenvalue weighted by Crippen LogP contribution is 2.34. The fourth-order valence-electron chi connectivity index (χ4n) is 2.01. The third kappa shape index (κ3) is 4.93. The minimum absolute atomic E-state index is 0.111. The van der Waals surface area contributed by atoms with Gasteiger partial charge < -0.3 is 16.0 Å². The maximum atomic E-state index is 13.1. The summed E-state index contributed by atoms with van der Waals surface area (Å²) in [6, 6.07) is 4.08. The van der Waals surface area contributed by atoms with Gasteiger partial charge in [0.05, 0.1) is 12.1 Å². The molecule has 0 fully saturated rings. The quantitative estimate of drug-likeness (QED) is 0.811. The van der Waals surface area contributed by atoms with E-state index in [-0.39, 0.29) is 18.7 Å². The molecule has 0 aromatic heterocycles. The molecule has 0 aliphatic rings. The Hall–Kier alpha value is -1.76. The molecule has 4 nitrogen and oxygen atoms in total. The molecule has 21 heavy (non-hydrogen) atoms. The number of alkyl halides is 3. The number of hydrogen-bond donors (Lipinski definition) is 2. The van der Waals surface area contributed by atoms with Crippen LogP contribution in [0.2, 0.25) is 0 Å². The largest absolute Gasteiger partial charge is 0.416 e. The van der Waals surface area contributed by atoms with Gasteiger partial charge in [-0.3, -0.25) is 4.79 Å². The number of nitrogens with zero attached hydrogens (tertiary/aromatic N) is 1. The highest BCUT2D eigenvalue weighted by Gasteiger charge is 2.33. The lowest BCUT2D eigenvalue weighted by Gasteiger charge is -2.23. The molecule has 118 valence electrons. The van der Waals surface area contributed by atoms with Gasteiger partial charge in [0.1, 0.15) is 0 Å². The molecule has 0 atom stereocenters. The minimum atomic E-state index is -4.44. The maximum absolute atomic E-state index is 13.1. The summed E-state index contributed by atoms with van der Waals surface area (Å²) in [5.74, 6) is -0.581. The van der Waals surface area contributed by atoms with Crippen LogP contribution < -0.4 is 16.0 Å². The number of rotatable bonds is 7. The first-order valence-electron chi connectivity index (χ1n) is 6.73. The highest BCUT2D eigenvalue weighted by atomic mass is 19.4. The first-order valence-corrected chi connectivity index (χ1v) is 6.73. The average Bonchev–Trinajstić information content (AvgIpc) is 2.41. The number of carbonyl (C=O) groups excluding carboxylic acids is 1. The molecule has 0 heterocycles. The predicted octanol–water partition coefficient (Wildman–Crippen LogP) is 2.13. The second-order valence-corrected chi connectivity index (χ2v) is 4.60. The van der Waals surface area contributed by atoms with Gasteiger partial charge in [0.2, 0.25) is 5.91 Å². The van der Waals surface area contributed by atoms with Gasteiger partial charge in [0.25, 0.3) is 0 Å². The number of carbonyl (C=O) groups is 1. The summed E-state index contributed by atoms with van der Waals surface area (Å²) in [6.07, 6.45) is -4.44. The van der Waals surface area contributed by atoms with Crippen LogP contribution in [0.3, 0.4) is 0 Å². The molecule has 1 rings (SSSR count). The van der Waals surface area contributed by atoms with E-state index in [0.29, 0.717) is 18.8 Å². The predicted molar refractivity (Wildman–Crippen MR) is 75.9 cm³/mol. The lowest BCUT2D eigenvalue weighted by atomic mass is 10.1. The van der Waals surface area contributed by atoms with Crippen LogP contribution in [0.5, 0.6) is 0 Å². The van der Waals surface area contributed by atoms with Crippen molar-refractivity contribution in [1.29, 1.82) is 0 Å². The highest BCUT2D eigenvalue weighted by molar-refractivity contribution is 5.79.